The SMILES string of the molecule is Cc1ncc(S)c(=S)[nH]1. The summed E-state index contributed by atoms with van der Waals surface area (Å²) in [5.41, 5.74) is 0. The Labute approximate surface area is 63.7 Å². The number of nitrogens with zero attached hydrogens (tertiary/aromatic N) is 1. The van der Waals surface area contributed by atoms with E-state index in [4.69, 9.17) is 12.2 Å². The summed E-state index contributed by atoms with van der Waals surface area (Å²) in [6, 6.07) is 0. The fourth-order valence-electron chi connectivity index (χ4n) is 0.477. The summed E-state index contributed by atoms with van der Waals surface area (Å²) in [7, 11) is 0. The molecular weight excluding hydrogens is 152 g/mol. The number of hydrogen-bond donors (Lipinski definition) is 2. The molecule has 1 heterocycles. The van der Waals surface area contributed by atoms with Gasteiger partial charge >= 0.3 is 0 Å². The minimum Gasteiger partial charge on any atom is -0.334 e. The van der Waals surface area contributed by atoms with Gasteiger partial charge in [0.15, 0.2) is 0 Å². The molecule has 0 unspecified atom stereocenters. The largest absolute Gasteiger partial charge is 0.334 e. The highest BCUT2D eigenvalue weighted by Crippen LogP contribution is 2.02. The summed E-state index contributed by atoms with van der Waals surface area (Å²) in [6.45, 7) is 1.85. The molecule has 0 saturated carbocycles. The van der Waals surface area contributed by atoms with Crippen LogP contribution in [0.2, 0.25) is 0 Å². The second-order valence-electron chi connectivity index (χ2n) is 1.68. The lowest BCUT2D eigenvalue weighted by Gasteiger charge is -1.91. The lowest BCUT2D eigenvalue weighted by atomic mass is 10.6. The highest BCUT2D eigenvalue weighted by Gasteiger charge is 1.87. The minimum atomic E-state index is 0.644. The van der Waals surface area contributed by atoms with Crippen LogP contribution >= 0.6 is 24.8 Å². The number of hydrogen-bond acceptors (Lipinski definition) is 3. The Bertz CT molecular complexity index is 266. The van der Waals surface area contributed by atoms with Gasteiger partial charge in [-0.2, -0.15) is 0 Å². The van der Waals surface area contributed by atoms with Gasteiger partial charge in [-0.25, -0.2) is 4.98 Å². The van der Waals surface area contributed by atoms with Gasteiger partial charge in [-0.3, -0.25) is 0 Å². The molecule has 0 saturated heterocycles. The second-order valence-corrected chi connectivity index (χ2v) is 2.57. The van der Waals surface area contributed by atoms with Crippen molar-refractivity contribution < 1.29 is 0 Å². The number of aryl methyl sites for hydroxylation is 1. The molecule has 1 aromatic rings. The maximum atomic E-state index is 4.87. The molecule has 1 aromatic heterocycles. The number of H-pyrrole nitrogens is 1. The zero-order valence-electron chi connectivity index (χ0n) is 4.88. The van der Waals surface area contributed by atoms with Gasteiger partial charge in [-0.1, -0.05) is 12.2 Å². The Hall–Kier alpha value is -0.350. The van der Waals surface area contributed by atoms with Crippen molar-refractivity contribution in [2.45, 2.75) is 11.8 Å². The minimum absolute atomic E-state index is 0.644. The third-order valence-corrected chi connectivity index (χ3v) is 1.72. The smallest absolute Gasteiger partial charge is 0.119 e. The van der Waals surface area contributed by atoms with Crippen LogP contribution in [0.5, 0.6) is 0 Å². The molecular formula is C5H6N2S2. The normalized spacial score (nSPS) is 9.56. The van der Waals surface area contributed by atoms with Crippen LogP contribution < -0.4 is 0 Å². The molecule has 0 spiro atoms. The fourth-order valence-corrected chi connectivity index (χ4v) is 0.791. The van der Waals surface area contributed by atoms with Crippen LogP contribution in [0, 0.1) is 11.6 Å². The summed E-state index contributed by atoms with van der Waals surface area (Å²) in [5, 5.41) is 0. The lowest BCUT2D eigenvalue weighted by molar-refractivity contribution is 0.996. The van der Waals surface area contributed by atoms with Crippen molar-refractivity contribution in [3.05, 3.63) is 16.7 Å². The molecule has 0 radical (unpaired) electrons. The van der Waals surface area contributed by atoms with E-state index in [0.29, 0.717) is 4.64 Å². The van der Waals surface area contributed by atoms with E-state index in [1.807, 2.05) is 6.92 Å². The highest BCUT2D eigenvalue weighted by atomic mass is 32.1. The molecule has 0 aliphatic rings. The molecule has 0 atom stereocenters. The molecule has 48 valence electrons. The Morgan fingerprint density at radius 1 is 1.78 bits per heavy atom. The molecule has 0 bridgehead atoms. The lowest BCUT2D eigenvalue weighted by Crippen LogP contribution is -1.86. The molecule has 0 aliphatic carbocycles. The van der Waals surface area contributed by atoms with Gasteiger partial charge in [-0.05, 0) is 6.92 Å². The maximum absolute atomic E-state index is 4.87. The van der Waals surface area contributed by atoms with Crippen molar-refractivity contribution in [2.24, 2.45) is 0 Å². The Kier molecular flexibility index (Phi) is 1.87. The van der Waals surface area contributed by atoms with Crippen molar-refractivity contribution in [2.75, 3.05) is 0 Å². The van der Waals surface area contributed by atoms with Crippen molar-refractivity contribution in [3.63, 3.8) is 0 Å². The van der Waals surface area contributed by atoms with E-state index in [9.17, 15) is 0 Å². The predicted molar refractivity (Wildman–Crippen MR) is 41.4 cm³/mol. The summed E-state index contributed by atoms with van der Waals surface area (Å²) in [5.74, 6) is 0.817. The molecule has 2 nitrogen and oxygen atoms in total. The molecule has 9 heavy (non-hydrogen) atoms. The molecule has 4 heteroatoms. The molecule has 1 N–H and O–H groups in total. The average Bonchev–Trinajstić information content (AvgIpc) is 1.80. The van der Waals surface area contributed by atoms with Crippen LogP contribution in [0.3, 0.4) is 0 Å². The van der Waals surface area contributed by atoms with Gasteiger partial charge < -0.3 is 4.98 Å². The van der Waals surface area contributed by atoms with E-state index in [2.05, 4.69) is 22.6 Å². The van der Waals surface area contributed by atoms with E-state index >= 15 is 0 Å². The van der Waals surface area contributed by atoms with Crippen molar-refractivity contribution >= 4 is 24.8 Å². The second kappa shape index (κ2) is 2.49. The zero-order valence-corrected chi connectivity index (χ0v) is 6.59. The standard InChI is InChI=1S/C5H6N2S2/c1-3-6-2-4(8)5(9)7-3/h2,8H,1H3,(H,6,7,9). The van der Waals surface area contributed by atoms with Gasteiger partial charge in [-0.15, -0.1) is 12.6 Å². The number of aromatic amines is 1. The van der Waals surface area contributed by atoms with Crippen LogP contribution in [0.1, 0.15) is 5.82 Å². The summed E-state index contributed by atoms with van der Waals surface area (Å²) >= 11 is 8.92. The first-order valence-corrected chi connectivity index (χ1v) is 3.30. The monoisotopic (exact) mass is 158 g/mol. The van der Waals surface area contributed by atoms with Crippen molar-refractivity contribution in [1.82, 2.24) is 9.97 Å². The maximum Gasteiger partial charge on any atom is 0.119 e. The van der Waals surface area contributed by atoms with Gasteiger partial charge in [0.1, 0.15) is 10.5 Å². The molecule has 0 aromatic carbocycles. The van der Waals surface area contributed by atoms with Gasteiger partial charge in [0, 0.05) is 6.20 Å². The zero-order chi connectivity index (χ0) is 6.85. The molecule has 0 fully saturated rings. The average molecular weight is 158 g/mol. The highest BCUT2D eigenvalue weighted by molar-refractivity contribution is 7.81. The van der Waals surface area contributed by atoms with Crippen LogP contribution in [0.4, 0.5) is 0 Å². The van der Waals surface area contributed by atoms with Gasteiger partial charge in [0.2, 0.25) is 0 Å². The Morgan fingerprint density at radius 3 is 2.89 bits per heavy atom. The number of rotatable bonds is 0. The molecule has 0 aliphatic heterocycles. The Balaban J connectivity index is 3.34. The fraction of sp³-hybridized carbons (Fsp3) is 0.200. The predicted octanol–water partition coefficient (Wildman–Crippen LogP) is 1.74. The van der Waals surface area contributed by atoms with Crippen LogP contribution in [0.25, 0.3) is 0 Å². The first-order valence-electron chi connectivity index (χ1n) is 2.45. The van der Waals surface area contributed by atoms with Crippen molar-refractivity contribution in [3.8, 4) is 0 Å². The van der Waals surface area contributed by atoms with E-state index < -0.39 is 0 Å². The quantitative estimate of drug-likeness (QED) is 0.445. The van der Waals surface area contributed by atoms with Crippen molar-refractivity contribution in [1.29, 1.82) is 0 Å². The van der Waals surface area contributed by atoms with Crippen LogP contribution in [-0.4, -0.2) is 9.97 Å². The topological polar surface area (TPSA) is 28.7 Å². The van der Waals surface area contributed by atoms with Gasteiger partial charge in [0.05, 0.1) is 4.90 Å². The van der Waals surface area contributed by atoms with E-state index in [0.717, 1.165) is 10.7 Å². The third kappa shape index (κ3) is 1.53. The molecule has 1 rings (SSSR count). The summed E-state index contributed by atoms with van der Waals surface area (Å²) < 4.78 is 0.644. The van der Waals surface area contributed by atoms with E-state index in [1.54, 1.807) is 6.20 Å². The van der Waals surface area contributed by atoms with E-state index in [-0.39, 0.29) is 0 Å². The van der Waals surface area contributed by atoms with Crippen LogP contribution in [-0.2, 0) is 0 Å². The van der Waals surface area contributed by atoms with Gasteiger partial charge in [0.25, 0.3) is 0 Å². The first kappa shape index (κ1) is 6.77. The van der Waals surface area contributed by atoms with E-state index in [1.165, 1.54) is 0 Å². The van der Waals surface area contributed by atoms with Crippen LogP contribution in [0.15, 0.2) is 11.1 Å². The number of aromatic nitrogens is 2. The number of thiol groups is 1. The summed E-state index contributed by atoms with van der Waals surface area (Å²) in [4.78, 5) is 7.52. The number of nitrogens with one attached hydrogen (secondary N) is 1. The molecule has 0 amide bonds. The third-order valence-electron chi connectivity index (χ3n) is 0.908. The Morgan fingerprint density at radius 2 is 2.44 bits per heavy atom. The first-order chi connectivity index (χ1) is 4.20. The summed E-state index contributed by atoms with van der Waals surface area (Å²) in [6.07, 6.45) is 1.64.